The van der Waals surface area contributed by atoms with Crippen LogP contribution in [0.5, 0.6) is 0 Å². The number of hydrogen-bond acceptors (Lipinski definition) is 3. The molecule has 128 valence electrons. The van der Waals surface area contributed by atoms with Crippen LogP contribution < -0.4 is 0 Å². The minimum Gasteiger partial charge on any atom is -0.465 e. The van der Waals surface area contributed by atoms with Gasteiger partial charge in [-0.3, -0.25) is 9.69 Å². The summed E-state index contributed by atoms with van der Waals surface area (Å²) in [6.45, 7) is 3.50. The Hall–Kier alpha value is -2.57. The molecule has 1 fully saturated rings. The molecule has 1 aliphatic rings. The molecule has 1 unspecified atom stereocenters. The summed E-state index contributed by atoms with van der Waals surface area (Å²) >= 11 is 0. The Labute approximate surface area is 149 Å². The van der Waals surface area contributed by atoms with Gasteiger partial charge in [-0.1, -0.05) is 54.3 Å². The van der Waals surface area contributed by atoms with Gasteiger partial charge >= 0.3 is 5.97 Å². The Morgan fingerprint density at radius 2 is 1.84 bits per heavy atom. The van der Waals surface area contributed by atoms with Gasteiger partial charge in [0.05, 0.1) is 19.2 Å². The predicted molar refractivity (Wildman–Crippen MR) is 100.0 cm³/mol. The third kappa shape index (κ3) is 4.71. The molecule has 0 amide bonds. The van der Waals surface area contributed by atoms with Gasteiger partial charge in [0.15, 0.2) is 0 Å². The van der Waals surface area contributed by atoms with Crippen molar-refractivity contribution in [3.05, 3.63) is 60.2 Å². The minimum atomic E-state index is -0.164. The molecule has 0 radical (unpaired) electrons. The zero-order chi connectivity index (χ0) is 17.5. The molecule has 0 aliphatic carbocycles. The van der Waals surface area contributed by atoms with Crippen LogP contribution in [0.2, 0.25) is 0 Å². The monoisotopic (exact) mass is 333 g/mol. The smallest absolute Gasteiger partial charge is 0.320 e. The van der Waals surface area contributed by atoms with Gasteiger partial charge in [0.2, 0.25) is 0 Å². The number of esters is 1. The summed E-state index contributed by atoms with van der Waals surface area (Å²) in [5, 5.41) is 0. The lowest BCUT2D eigenvalue weighted by atomic mass is 10.0. The van der Waals surface area contributed by atoms with E-state index in [-0.39, 0.29) is 12.0 Å². The first-order chi connectivity index (χ1) is 12.3. The fourth-order valence-corrected chi connectivity index (χ4v) is 3.09. The lowest BCUT2D eigenvalue weighted by molar-refractivity contribution is -0.144. The van der Waals surface area contributed by atoms with Crippen LogP contribution in [-0.4, -0.2) is 36.6 Å². The number of hydrogen-bond donors (Lipinski definition) is 0. The molecule has 0 aromatic heterocycles. The summed E-state index contributed by atoms with van der Waals surface area (Å²) in [4.78, 5) is 13.8. The first kappa shape index (κ1) is 17.3. The molecular formula is C22H23NO2. The van der Waals surface area contributed by atoms with Gasteiger partial charge in [-0.05, 0) is 43.0 Å². The second kappa shape index (κ2) is 8.50. The topological polar surface area (TPSA) is 29.5 Å². The minimum absolute atomic E-state index is 0.137. The van der Waals surface area contributed by atoms with Crippen molar-refractivity contribution in [2.24, 2.45) is 0 Å². The van der Waals surface area contributed by atoms with Crippen LogP contribution in [0.25, 0.3) is 11.1 Å². The van der Waals surface area contributed by atoms with Crippen LogP contribution in [0.4, 0.5) is 0 Å². The lowest BCUT2D eigenvalue weighted by Crippen LogP contribution is -2.34. The second-order valence-electron chi connectivity index (χ2n) is 6.15. The highest BCUT2D eigenvalue weighted by atomic mass is 16.5. The summed E-state index contributed by atoms with van der Waals surface area (Å²) in [6, 6.07) is 18.8. The summed E-state index contributed by atoms with van der Waals surface area (Å²) in [6.07, 6.45) is 2.08. The zero-order valence-corrected chi connectivity index (χ0v) is 14.6. The Balaban J connectivity index is 1.65. The number of benzene rings is 2. The number of nitrogens with zero attached hydrogens (tertiary/aromatic N) is 1. The van der Waals surface area contributed by atoms with Crippen LogP contribution in [-0.2, 0) is 9.53 Å². The van der Waals surface area contributed by atoms with Crippen LogP contribution in [0.3, 0.4) is 0 Å². The van der Waals surface area contributed by atoms with Gasteiger partial charge in [0.1, 0.15) is 0 Å². The molecule has 3 nitrogen and oxygen atoms in total. The van der Waals surface area contributed by atoms with Gasteiger partial charge in [-0.2, -0.15) is 0 Å². The van der Waals surface area contributed by atoms with Crippen molar-refractivity contribution >= 4 is 5.97 Å². The highest BCUT2D eigenvalue weighted by Gasteiger charge is 2.25. The molecule has 1 heterocycles. The normalized spacial score (nSPS) is 16.9. The Kier molecular flexibility index (Phi) is 5.87. The van der Waals surface area contributed by atoms with Crippen LogP contribution in [0, 0.1) is 11.8 Å². The summed E-state index contributed by atoms with van der Waals surface area (Å²) in [7, 11) is 0. The SMILES string of the molecule is CCOC(=O)CN1CCCC1C#Cc1ccc(-c2ccccc2)cc1. The van der Waals surface area contributed by atoms with E-state index in [4.69, 9.17) is 4.74 Å². The maximum absolute atomic E-state index is 11.7. The van der Waals surface area contributed by atoms with Crippen molar-refractivity contribution in [1.29, 1.82) is 0 Å². The maximum atomic E-state index is 11.7. The highest BCUT2D eigenvalue weighted by Crippen LogP contribution is 2.19. The van der Waals surface area contributed by atoms with E-state index in [1.54, 1.807) is 0 Å². The van der Waals surface area contributed by atoms with E-state index in [1.165, 1.54) is 11.1 Å². The van der Waals surface area contributed by atoms with Crippen molar-refractivity contribution in [2.45, 2.75) is 25.8 Å². The van der Waals surface area contributed by atoms with E-state index >= 15 is 0 Å². The first-order valence-electron chi connectivity index (χ1n) is 8.83. The van der Waals surface area contributed by atoms with Crippen molar-refractivity contribution < 1.29 is 9.53 Å². The largest absolute Gasteiger partial charge is 0.465 e. The summed E-state index contributed by atoms with van der Waals surface area (Å²) in [5.74, 6) is 6.42. The number of carbonyl (C=O) groups excluding carboxylic acids is 1. The standard InChI is InChI=1S/C22H23NO2/c1-2-25-22(24)17-23-16-6-9-21(23)15-12-18-10-13-20(14-11-18)19-7-4-3-5-8-19/h3-5,7-8,10-11,13-14,21H,2,6,9,16-17H2,1H3. The van der Waals surface area contributed by atoms with E-state index in [0.717, 1.165) is 24.9 Å². The van der Waals surface area contributed by atoms with E-state index in [2.05, 4.69) is 53.1 Å². The van der Waals surface area contributed by atoms with Crippen LogP contribution >= 0.6 is 0 Å². The predicted octanol–water partition coefficient (Wildman–Crippen LogP) is 3.73. The summed E-state index contributed by atoms with van der Waals surface area (Å²) in [5.41, 5.74) is 3.40. The maximum Gasteiger partial charge on any atom is 0.320 e. The van der Waals surface area contributed by atoms with Crippen molar-refractivity contribution in [2.75, 3.05) is 19.7 Å². The van der Waals surface area contributed by atoms with E-state index in [1.807, 2.05) is 25.1 Å². The van der Waals surface area contributed by atoms with Crippen LogP contribution in [0.1, 0.15) is 25.3 Å². The van der Waals surface area contributed by atoms with Gasteiger partial charge in [-0.25, -0.2) is 0 Å². The molecule has 0 bridgehead atoms. The molecule has 3 heteroatoms. The Morgan fingerprint density at radius 3 is 2.56 bits per heavy atom. The van der Waals surface area contributed by atoms with E-state index < -0.39 is 0 Å². The van der Waals surface area contributed by atoms with Gasteiger partial charge in [-0.15, -0.1) is 0 Å². The molecule has 0 spiro atoms. The van der Waals surface area contributed by atoms with Crippen molar-refractivity contribution in [3.63, 3.8) is 0 Å². The van der Waals surface area contributed by atoms with Gasteiger partial charge in [0, 0.05) is 12.1 Å². The van der Waals surface area contributed by atoms with Gasteiger partial charge in [0.25, 0.3) is 0 Å². The van der Waals surface area contributed by atoms with Crippen molar-refractivity contribution in [3.8, 4) is 23.0 Å². The summed E-state index contributed by atoms with van der Waals surface area (Å²) < 4.78 is 5.04. The number of rotatable bonds is 4. The highest BCUT2D eigenvalue weighted by molar-refractivity contribution is 5.71. The fourth-order valence-electron chi connectivity index (χ4n) is 3.09. The first-order valence-corrected chi connectivity index (χ1v) is 8.83. The Bertz CT molecular complexity index is 756. The molecule has 1 aliphatic heterocycles. The molecule has 2 aromatic rings. The molecule has 1 saturated heterocycles. The molecule has 0 saturated carbocycles. The molecule has 0 N–H and O–H groups in total. The third-order valence-corrected chi connectivity index (χ3v) is 4.38. The Morgan fingerprint density at radius 1 is 1.12 bits per heavy atom. The zero-order valence-electron chi connectivity index (χ0n) is 14.6. The van der Waals surface area contributed by atoms with E-state index in [0.29, 0.717) is 13.2 Å². The lowest BCUT2D eigenvalue weighted by Gasteiger charge is -2.18. The average molecular weight is 333 g/mol. The van der Waals surface area contributed by atoms with Crippen LogP contribution in [0.15, 0.2) is 54.6 Å². The molecule has 3 rings (SSSR count). The van der Waals surface area contributed by atoms with Gasteiger partial charge < -0.3 is 4.74 Å². The average Bonchev–Trinajstić information content (AvgIpc) is 3.08. The molecule has 25 heavy (non-hydrogen) atoms. The molecule has 2 aromatic carbocycles. The number of likely N-dealkylation sites (tertiary alicyclic amines) is 1. The van der Waals surface area contributed by atoms with Crippen molar-refractivity contribution in [1.82, 2.24) is 4.90 Å². The molecular weight excluding hydrogens is 310 g/mol. The third-order valence-electron chi connectivity index (χ3n) is 4.38. The quantitative estimate of drug-likeness (QED) is 0.631. The number of ether oxygens (including phenoxy) is 1. The van der Waals surface area contributed by atoms with E-state index in [9.17, 15) is 4.79 Å². The fraction of sp³-hybridized carbons (Fsp3) is 0.318. The molecule has 1 atom stereocenters. The number of carbonyl (C=O) groups is 1. The second-order valence-corrected chi connectivity index (χ2v) is 6.15.